The number of piperidine rings is 1. The van der Waals surface area contributed by atoms with Gasteiger partial charge in [-0.25, -0.2) is 4.99 Å². The predicted octanol–water partition coefficient (Wildman–Crippen LogP) is 3.07. The van der Waals surface area contributed by atoms with Gasteiger partial charge in [-0.15, -0.1) is 0 Å². The molecule has 5 nitrogen and oxygen atoms in total. The predicted molar refractivity (Wildman–Crippen MR) is 110 cm³/mol. The summed E-state index contributed by atoms with van der Waals surface area (Å²) in [5.41, 5.74) is 1.36. The van der Waals surface area contributed by atoms with E-state index in [4.69, 9.17) is 9.73 Å². The van der Waals surface area contributed by atoms with E-state index in [1.54, 1.807) is 0 Å². The Kier molecular flexibility index (Phi) is 6.11. The number of rotatable bonds is 4. The molecule has 0 spiro atoms. The molecule has 1 unspecified atom stereocenters. The molecular formula is C22H35N3O2. The first-order chi connectivity index (χ1) is 12.8. The molecule has 0 aromatic heterocycles. The Morgan fingerprint density at radius 3 is 2.67 bits per heavy atom. The van der Waals surface area contributed by atoms with Crippen LogP contribution in [-0.2, 0) is 16.8 Å². The second kappa shape index (κ2) is 8.19. The third kappa shape index (κ3) is 5.02. The zero-order valence-corrected chi connectivity index (χ0v) is 17.3. The van der Waals surface area contributed by atoms with E-state index in [0.717, 1.165) is 56.8 Å². The summed E-state index contributed by atoms with van der Waals surface area (Å²) in [7, 11) is 0. The first-order valence-electron chi connectivity index (χ1n) is 10.3. The molecule has 0 radical (unpaired) electrons. The fourth-order valence-corrected chi connectivity index (χ4v) is 4.15. The molecule has 1 saturated heterocycles. The minimum absolute atomic E-state index is 0.0927. The van der Waals surface area contributed by atoms with Crippen molar-refractivity contribution in [3.8, 4) is 0 Å². The maximum atomic E-state index is 11.2. The van der Waals surface area contributed by atoms with Crippen molar-refractivity contribution >= 4 is 5.96 Å². The minimum atomic E-state index is -0.842. The van der Waals surface area contributed by atoms with Gasteiger partial charge in [0.05, 0.1) is 18.2 Å². The zero-order chi connectivity index (χ0) is 19.5. The fraction of sp³-hybridized carbons (Fsp3) is 0.682. The van der Waals surface area contributed by atoms with Gasteiger partial charge in [-0.3, -0.25) is 0 Å². The number of nitrogens with zero attached hydrogens (tertiary/aromatic N) is 2. The Labute approximate surface area is 163 Å². The van der Waals surface area contributed by atoms with E-state index in [2.05, 4.69) is 44.0 Å². The van der Waals surface area contributed by atoms with Crippen LogP contribution in [0.2, 0.25) is 0 Å². The van der Waals surface area contributed by atoms with Crippen molar-refractivity contribution in [1.82, 2.24) is 10.2 Å². The van der Waals surface area contributed by atoms with E-state index in [0.29, 0.717) is 12.6 Å². The second-order valence-corrected chi connectivity index (χ2v) is 8.78. The van der Waals surface area contributed by atoms with Crippen molar-refractivity contribution in [2.45, 2.75) is 70.7 Å². The second-order valence-electron chi connectivity index (χ2n) is 8.78. The molecule has 1 atom stereocenters. The molecule has 0 saturated carbocycles. The summed E-state index contributed by atoms with van der Waals surface area (Å²) in [6, 6.07) is 8.20. The van der Waals surface area contributed by atoms with Gasteiger partial charge in [0.25, 0.3) is 0 Å². The van der Waals surface area contributed by atoms with Crippen LogP contribution in [0.15, 0.2) is 29.3 Å². The molecule has 2 aliphatic rings. The summed E-state index contributed by atoms with van der Waals surface area (Å²) in [4.78, 5) is 7.13. The Hall–Kier alpha value is -1.59. The van der Waals surface area contributed by atoms with E-state index in [-0.39, 0.29) is 5.60 Å². The van der Waals surface area contributed by atoms with Crippen LogP contribution in [0.3, 0.4) is 0 Å². The summed E-state index contributed by atoms with van der Waals surface area (Å²) in [5.74, 6) is 0.907. The molecule has 2 N–H and O–H groups in total. The average Bonchev–Trinajstić information content (AvgIpc) is 2.96. The quantitative estimate of drug-likeness (QED) is 0.629. The third-order valence-corrected chi connectivity index (χ3v) is 5.41. The highest BCUT2D eigenvalue weighted by Gasteiger charge is 2.36. The number of guanidine groups is 1. The Bertz CT molecular complexity index is 660. The van der Waals surface area contributed by atoms with Gasteiger partial charge in [-0.2, -0.15) is 0 Å². The first-order valence-corrected chi connectivity index (χ1v) is 10.3. The van der Waals surface area contributed by atoms with Crippen LogP contribution in [0.5, 0.6) is 0 Å². The molecule has 3 rings (SSSR count). The van der Waals surface area contributed by atoms with Gasteiger partial charge >= 0.3 is 0 Å². The summed E-state index contributed by atoms with van der Waals surface area (Å²) < 4.78 is 6.14. The topological polar surface area (TPSA) is 57.1 Å². The number of nitrogens with one attached hydrogen (secondary N) is 1. The summed E-state index contributed by atoms with van der Waals surface area (Å²) in [6.45, 7) is 11.5. The smallest absolute Gasteiger partial charge is 0.194 e. The average molecular weight is 374 g/mol. The van der Waals surface area contributed by atoms with E-state index in [1.807, 2.05) is 18.2 Å². The fourth-order valence-electron chi connectivity index (χ4n) is 4.15. The van der Waals surface area contributed by atoms with E-state index < -0.39 is 5.60 Å². The lowest BCUT2D eigenvalue weighted by atomic mass is 9.96. The Morgan fingerprint density at radius 1 is 1.30 bits per heavy atom. The van der Waals surface area contributed by atoms with E-state index in [1.165, 1.54) is 5.56 Å². The number of ether oxygens (including phenoxy) is 1. The standard InChI is InChI=1S/C22H35N3O2/c1-5-23-20(25-14-11-18(12-15-25)27-21(2,3)4)24-16-22(26)13-10-17-8-6-7-9-19(17)22/h6-9,18,26H,5,10-16H2,1-4H3,(H,23,24). The number of aliphatic imine (C=N–C) groups is 1. The highest BCUT2D eigenvalue weighted by Crippen LogP contribution is 2.37. The molecule has 5 heteroatoms. The molecule has 1 aliphatic carbocycles. The van der Waals surface area contributed by atoms with Crippen molar-refractivity contribution in [1.29, 1.82) is 0 Å². The van der Waals surface area contributed by atoms with Gasteiger partial charge < -0.3 is 20.1 Å². The highest BCUT2D eigenvalue weighted by atomic mass is 16.5. The van der Waals surface area contributed by atoms with Gasteiger partial charge in [0.1, 0.15) is 5.60 Å². The molecule has 0 amide bonds. The molecule has 150 valence electrons. The van der Waals surface area contributed by atoms with Crippen molar-refractivity contribution in [2.24, 2.45) is 4.99 Å². The highest BCUT2D eigenvalue weighted by molar-refractivity contribution is 5.80. The third-order valence-electron chi connectivity index (χ3n) is 5.41. The van der Waals surface area contributed by atoms with E-state index >= 15 is 0 Å². The van der Waals surface area contributed by atoms with Crippen LogP contribution in [0.1, 0.15) is 58.1 Å². The lowest BCUT2D eigenvalue weighted by Gasteiger charge is -2.37. The lowest BCUT2D eigenvalue weighted by Crippen LogP contribution is -2.48. The molecule has 1 aromatic carbocycles. The van der Waals surface area contributed by atoms with Gasteiger partial charge in [0, 0.05) is 19.6 Å². The van der Waals surface area contributed by atoms with Gasteiger partial charge in [-0.1, -0.05) is 24.3 Å². The number of hydrogen-bond acceptors (Lipinski definition) is 3. The first kappa shape index (κ1) is 20.2. The summed E-state index contributed by atoms with van der Waals surface area (Å²) in [6.07, 6.45) is 4.00. The Morgan fingerprint density at radius 2 is 2.00 bits per heavy atom. The van der Waals surface area contributed by atoms with Gasteiger partial charge in [-0.05, 0) is 64.5 Å². The largest absolute Gasteiger partial charge is 0.383 e. The number of hydrogen-bond donors (Lipinski definition) is 2. The molecule has 1 fully saturated rings. The number of fused-ring (bicyclic) bond motifs is 1. The summed E-state index contributed by atoms with van der Waals surface area (Å²) in [5, 5.41) is 14.6. The molecule has 0 bridgehead atoms. The SMILES string of the molecule is CCNC(=NCC1(O)CCc2ccccc21)N1CCC(OC(C)(C)C)CC1. The van der Waals surface area contributed by atoms with Crippen LogP contribution in [-0.4, -0.2) is 53.9 Å². The molecule has 27 heavy (non-hydrogen) atoms. The van der Waals surface area contributed by atoms with Crippen LogP contribution in [0.4, 0.5) is 0 Å². The molecular weight excluding hydrogens is 338 g/mol. The normalized spacial score (nSPS) is 24.2. The molecule has 1 aromatic rings. The number of aliphatic hydroxyl groups is 1. The van der Waals surface area contributed by atoms with Gasteiger partial charge in [0.2, 0.25) is 0 Å². The van der Waals surface area contributed by atoms with Crippen molar-refractivity contribution < 1.29 is 9.84 Å². The Balaban J connectivity index is 1.64. The maximum Gasteiger partial charge on any atom is 0.194 e. The van der Waals surface area contributed by atoms with Crippen molar-refractivity contribution in [3.05, 3.63) is 35.4 Å². The number of benzene rings is 1. The monoisotopic (exact) mass is 373 g/mol. The van der Waals surface area contributed by atoms with E-state index in [9.17, 15) is 5.11 Å². The molecule has 1 heterocycles. The van der Waals surface area contributed by atoms with Gasteiger partial charge in [0.15, 0.2) is 5.96 Å². The zero-order valence-electron chi connectivity index (χ0n) is 17.3. The lowest BCUT2D eigenvalue weighted by molar-refractivity contribution is -0.0773. The molecule has 1 aliphatic heterocycles. The van der Waals surface area contributed by atoms with Crippen LogP contribution >= 0.6 is 0 Å². The maximum absolute atomic E-state index is 11.2. The van der Waals surface area contributed by atoms with Crippen LogP contribution < -0.4 is 5.32 Å². The number of likely N-dealkylation sites (tertiary alicyclic amines) is 1. The van der Waals surface area contributed by atoms with Crippen LogP contribution in [0.25, 0.3) is 0 Å². The number of aryl methyl sites for hydroxylation is 1. The minimum Gasteiger partial charge on any atom is -0.383 e. The van der Waals surface area contributed by atoms with Crippen molar-refractivity contribution in [2.75, 3.05) is 26.2 Å². The summed E-state index contributed by atoms with van der Waals surface area (Å²) >= 11 is 0. The van der Waals surface area contributed by atoms with Crippen LogP contribution in [0, 0.1) is 0 Å². The van der Waals surface area contributed by atoms with Crippen molar-refractivity contribution in [3.63, 3.8) is 0 Å².